The molecule has 1 aromatic heterocycles. The Kier molecular flexibility index (Phi) is 2.94. The van der Waals surface area contributed by atoms with Crippen LogP contribution in [0.2, 0.25) is 0 Å². The van der Waals surface area contributed by atoms with E-state index in [9.17, 15) is 14.7 Å². The summed E-state index contributed by atoms with van der Waals surface area (Å²) in [7, 11) is 0. The molecule has 116 valence electrons. The lowest BCUT2D eigenvalue weighted by molar-refractivity contribution is -0.255. The predicted molar refractivity (Wildman–Crippen MR) is 78.2 cm³/mol. The van der Waals surface area contributed by atoms with Crippen molar-refractivity contribution in [1.82, 2.24) is 4.98 Å². The number of aryl methyl sites for hydroxylation is 1. The Labute approximate surface area is 129 Å². The van der Waals surface area contributed by atoms with Gasteiger partial charge < -0.3 is 9.90 Å². The Hall–Kier alpha value is -1.71. The number of hydrogen-bond donors (Lipinski definition) is 0. The van der Waals surface area contributed by atoms with Crippen molar-refractivity contribution in [2.45, 2.75) is 51.4 Å². The lowest BCUT2D eigenvalue weighted by atomic mass is 9.56. The summed E-state index contributed by atoms with van der Waals surface area (Å²) in [6, 6.07) is 3.51. The first-order chi connectivity index (χ1) is 10.5. The minimum absolute atomic E-state index is 0.0360. The molecular formula is C18H20NO3-. The van der Waals surface area contributed by atoms with E-state index in [1.54, 1.807) is 6.07 Å². The molecule has 0 N–H and O–H groups in total. The van der Waals surface area contributed by atoms with E-state index in [2.05, 4.69) is 11.9 Å². The monoisotopic (exact) mass is 298 g/mol. The van der Waals surface area contributed by atoms with Gasteiger partial charge in [-0.2, -0.15) is 0 Å². The molecule has 4 nitrogen and oxygen atoms in total. The van der Waals surface area contributed by atoms with Crippen molar-refractivity contribution in [2.75, 3.05) is 0 Å². The SMILES string of the molecule is C[C@]12CC[C@@H]3c4ccc(C(=O)[O-])nc4CC[C@H]3[C@@H]1CCC2=O. The molecule has 22 heavy (non-hydrogen) atoms. The molecule has 4 atom stereocenters. The summed E-state index contributed by atoms with van der Waals surface area (Å²) >= 11 is 0. The Morgan fingerprint density at radius 1 is 1.27 bits per heavy atom. The number of carboxylic acid groups (broad SMARTS) is 1. The van der Waals surface area contributed by atoms with E-state index in [1.807, 2.05) is 6.07 Å². The van der Waals surface area contributed by atoms with Crippen molar-refractivity contribution in [3.8, 4) is 0 Å². The third kappa shape index (κ3) is 1.79. The van der Waals surface area contributed by atoms with E-state index in [0.29, 0.717) is 23.5 Å². The van der Waals surface area contributed by atoms with Crippen LogP contribution in [0.15, 0.2) is 12.1 Å². The molecule has 0 bridgehead atoms. The van der Waals surface area contributed by atoms with Crippen LogP contribution in [-0.2, 0) is 11.2 Å². The number of carbonyl (C=O) groups excluding carboxylic acids is 2. The van der Waals surface area contributed by atoms with Gasteiger partial charge >= 0.3 is 0 Å². The van der Waals surface area contributed by atoms with Crippen LogP contribution in [0, 0.1) is 17.3 Å². The zero-order chi connectivity index (χ0) is 15.5. The first-order valence-electron chi connectivity index (χ1n) is 8.25. The Morgan fingerprint density at radius 3 is 2.86 bits per heavy atom. The van der Waals surface area contributed by atoms with Crippen LogP contribution in [0.4, 0.5) is 0 Å². The molecule has 2 saturated carbocycles. The molecule has 0 radical (unpaired) electrons. The number of Topliss-reactive ketones (excluding diaryl/α,β-unsaturated/α-hetero) is 1. The van der Waals surface area contributed by atoms with E-state index in [0.717, 1.165) is 44.2 Å². The van der Waals surface area contributed by atoms with E-state index in [4.69, 9.17) is 0 Å². The van der Waals surface area contributed by atoms with Crippen molar-refractivity contribution in [1.29, 1.82) is 0 Å². The number of pyridine rings is 1. The molecule has 0 aliphatic heterocycles. The Balaban J connectivity index is 1.70. The summed E-state index contributed by atoms with van der Waals surface area (Å²) in [6.07, 6.45) is 5.57. The molecule has 3 aliphatic carbocycles. The number of aromatic carboxylic acids is 1. The lowest BCUT2D eigenvalue weighted by Crippen LogP contribution is -2.42. The number of carboxylic acids is 1. The molecule has 0 spiro atoms. The van der Waals surface area contributed by atoms with Crippen LogP contribution >= 0.6 is 0 Å². The maximum Gasteiger partial charge on any atom is 0.139 e. The second-order valence-corrected chi connectivity index (χ2v) is 7.35. The predicted octanol–water partition coefficient (Wildman–Crippen LogP) is 1.87. The zero-order valence-electron chi connectivity index (χ0n) is 12.8. The van der Waals surface area contributed by atoms with Gasteiger partial charge in [0, 0.05) is 17.5 Å². The van der Waals surface area contributed by atoms with Gasteiger partial charge in [-0.3, -0.25) is 9.78 Å². The van der Waals surface area contributed by atoms with Crippen LogP contribution in [0.3, 0.4) is 0 Å². The molecule has 3 aliphatic rings. The second-order valence-electron chi connectivity index (χ2n) is 7.35. The molecule has 0 unspecified atom stereocenters. The van der Waals surface area contributed by atoms with Crippen LogP contribution in [-0.4, -0.2) is 16.7 Å². The normalized spacial score (nSPS) is 36.4. The number of fused-ring (bicyclic) bond motifs is 5. The lowest BCUT2D eigenvalue weighted by Gasteiger charge is -2.48. The topological polar surface area (TPSA) is 70.1 Å². The van der Waals surface area contributed by atoms with Crippen molar-refractivity contribution in [3.63, 3.8) is 0 Å². The fourth-order valence-electron chi connectivity index (χ4n) is 5.31. The van der Waals surface area contributed by atoms with E-state index < -0.39 is 5.97 Å². The van der Waals surface area contributed by atoms with Gasteiger partial charge in [0.05, 0.1) is 11.7 Å². The molecule has 0 amide bonds. The number of carbonyl (C=O) groups is 2. The third-order valence-electron chi connectivity index (χ3n) is 6.48. The molecule has 4 heteroatoms. The third-order valence-corrected chi connectivity index (χ3v) is 6.48. The second kappa shape index (κ2) is 4.64. The van der Waals surface area contributed by atoms with Gasteiger partial charge in [0.2, 0.25) is 0 Å². The maximum absolute atomic E-state index is 12.3. The van der Waals surface area contributed by atoms with Gasteiger partial charge in [-0.25, -0.2) is 0 Å². The largest absolute Gasteiger partial charge is 0.543 e. The van der Waals surface area contributed by atoms with Crippen LogP contribution < -0.4 is 5.11 Å². The number of rotatable bonds is 1. The molecule has 1 aromatic rings. The highest BCUT2D eigenvalue weighted by molar-refractivity contribution is 5.87. The fourth-order valence-corrected chi connectivity index (χ4v) is 5.31. The van der Waals surface area contributed by atoms with Crippen LogP contribution in [0.25, 0.3) is 0 Å². The van der Waals surface area contributed by atoms with E-state index in [-0.39, 0.29) is 11.1 Å². The first-order valence-corrected chi connectivity index (χ1v) is 8.25. The first kappa shape index (κ1) is 13.9. The molecule has 4 rings (SSSR count). The Bertz CT molecular complexity index is 668. The number of aromatic nitrogens is 1. The van der Waals surface area contributed by atoms with Gasteiger partial charge in [-0.1, -0.05) is 13.0 Å². The van der Waals surface area contributed by atoms with Gasteiger partial charge in [0.25, 0.3) is 0 Å². The average Bonchev–Trinajstić information content (AvgIpc) is 2.82. The number of ketones is 1. The van der Waals surface area contributed by atoms with Crippen molar-refractivity contribution in [3.05, 3.63) is 29.1 Å². The minimum atomic E-state index is -1.21. The van der Waals surface area contributed by atoms with Crippen LogP contribution in [0.1, 0.15) is 66.7 Å². The van der Waals surface area contributed by atoms with Gasteiger partial charge in [-0.05, 0) is 61.5 Å². The maximum atomic E-state index is 12.3. The molecule has 0 aromatic carbocycles. The summed E-state index contributed by atoms with van der Waals surface area (Å²) in [5.74, 6) is 0.728. The van der Waals surface area contributed by atoms with Gasteiger partial charge in [-0.15, -0.1) is 0 Å². The smallest absolute Gasteiger partial charge is 0.139 e. The highest BCUT2D eigenvalue weighted by atomic mass is 16.4. The quantitative estimate of drug-likeness (QED) is 0.793. The highest BCUT2D eigenvalue weighted by Crippen LogP contribution is 2.59. The van der Waals surface area contributed by atoms with E-state index in [1.165, 1.54) is 5.56 Å². The van der Waals surface area contributed by atoms with Crippen molar-refractivity contribution < 1.29 is 14.7 Å². The molecule has 0 saturated heterocycles. The minimum Gasteiger partial charge on any atom is -0.543 e. The van der Waals surface area contributed by atoms with Crippen LogP contribution in [0.5, 0.6) is 0 Å². The summed E-state index contributed by atoms with van der Waals surface area (Å²) < 4.78 is 0. The summed E-state index contributed by atoms with van der Waals surface area (Å²) in [4.78, 5) is 27.6. The molecule has 1 heterocycles. The summed E-state index contributed by atoms with van der Waals surface area (Å²) in [6.45, 7) is 2.16. The van der Waals surface area contributed by atoms with Crippen molar-refractivity contribution in [2.24, 2.45) is 17.3 Å². The highest BCUT2D eigenvalue weighted by Gasteiger charge is 2.54. The summed E-state index contributed by atoms with van der Waals surface area (Å²) in [5.41, 5.74) is 2.06. The van der Waals surface area contributed by atoms with Gasteiger partial charge in [0.15, 0.2) is 0 Å². The number of hydrogen-bond acceptors (Lipinski definition) is 4. The zero-order valence-corrected chi connectivity index (χ0v) is 12.8. The molecular weight excluding hydrogens is 278 g/mol. The van der Waals surface area contributed by atoms with Gasteiger partial charge in [0.1, 0.15) is 5.78 Å². The Morgan fingerprint density at radius 2 is 2.09 bits per heavy atom. The van der Waals surface area contributed by atoms with Crippen molar-refractivity contribution >= 4 is 11.8 Å². The summed E-state index contributed by atoms with van der Waals surface area (Å²) in [5, 5.41) is 11.0. The number of nitrogens with zero attached hydrogens (tertiary/aromatic N) is 1. The van der Waals surface area contributed by atoms with E-state index >= 15 is 0 Å². The average molecular weight is 298 g/mol. The standard InChI is InChI=1S/C18H21NO3/c1-18-9-8-10-11(13(18)4-7-16(18)20)2-5-14-12(10)3-6-15(19-14)17(21)22/h3,6,10-11,13H,2,4-5,7-9H2,1H3,(H,21,22)/p-1/t10-,11+,13-,18-/m0/s1. The fraction of sp³-hybridized carbons (Fsp3) is 0.611. The molecule has 2 fully saturated rings.